The molecule has 1 aromatic rings. The van der Waals surface area contributed by atoms with E-state index in [1.165, 1.54) is 0 Å². The second-order valence-electron chi connectivity index (χ2n) is 3.53. The van der Waals surface area contributed by atoms with E-state index in [2.05, 4.69) is 0 Å². The van der Waals surface area contributed by atoms with Crippen LogP contribution < -0.4 is 0 Å². The van der Waals surface area contributed by atoms with Crippen molar-refractivity contribution in [2.75, 3.05) is 5.75 Å². The first-order valence-corrected chi connectivity index (χ1v) is 6.54. The Morgan fingerprint density at radius 3 is 2.75 bits per heavy atom. The number of carbonyl (C=O) groups is 1. The molecule has 0 aromatic heterocycles. The van der Waals surface area contributed by atoms with Crippen LogP contribution in [0.15, 0.2) is 23.1 Å². The van der Waals surface area contributed by atoms with Crippen LogP contribution in [0.1, 0.15) is 31.1 Å². The number of rotatable bonds is 4. The van der Waals surface area contributed by atoms with Crippen LogP contribution in [0.3, 0.4) is 0 Å². The lowest BCUT2D eigenvalue weighted by Crippen LogP contribution is -2.12. The lowest BCUT2D eigenvalue weighted by molar-refractivity contribution is 0.0374. The fourth-order valence-corrected chi connectivity index (χ4v) is 2.17. The maximum atomic E-state index is 11.8. The van der Waals surface area contributed by atoms with E-state index in [9.17, 15) is 4.79 Å². The number of halogens is 1. The third-order valence-electron chi connectivity index (χ3n) is 1.80. The Kier molecular flexibility index (Phi) is 5.16. The van der Waals surface area contributed by atoms with Gasteiger partial charge in [0.15, 0.2) is 0 Å². The largest absolute Gasteiger partial charge is 0.459 e. The highest BCUT2D eigenvalue weighted by Gasteiger charge is 2.14. The van der Waals surface area contributed by atoms with Gasteiger partial charge in [0.25, 0.3) is 0 Å². The summed E-state index contributed by atoms with van der Waals surface area (Å²) in [5, 5.41) is 0.552. The van der Waals surface area contributed by atoms with Gasteiger partial charge in [-0.05, 0) is 37.8 Å². The number of benzene rings is 1. The Morgan fingerprint density at radius 2 is 2.19 bits per heavy atom. The molecule has 1 rings (SSSR count). The first-order chi connectivity index (χ1) is 7.54. The lowest BCUT2D eigenvalue weighted by Gasteiger charge is -2.11. The summed E-state index contributed by atoms with van der Waals surface area (Å²) in [6, 6.07) is 5.30. The Labute approximate surface area is 105 Å². The topological polar surface area (TPSA) is 26.3 Å². The molecule has 0 saturated carbocycles. The molecule has 0 saturated heterocycles. The number of esters is 1. The Morgan fingerprint density at radius 1 is 1.50 bits per heavy atom. The first kappa shape index (κ1) is 13.4. The minimum absolute atomic E-state index is 0.119. The van der Waals surface area contributed by atoms with Crippen LogP contribution in [0.5, 0.6) is 0 Å². The smallest absolute Gasteiger partial charge is 0.339 e. The molecule has 0 N–H and O–H groups in total. The molecule has 0 aliphatic rings. The molecule has 0 atom stereocenters. The summed E-state index contributed by atoms with van der Waals surface area (Å²) in [5.41, 5.74) is 0.549. The quantitative estimate of drug-likeness (QED) is 0.603. The number of thioether (sulfide) groups is 1. The average molecular weight is 259 g/mol. The van der Waals surface area contributed by atoms with Crippen LogP contribution in [0.2, 0.25) is 5.02 Å². The number of ether oxygens (including phenoxy) is 1. The van der Waals surface area contributed by atoms with Crippen molar-refractivity contribution in [1.82, 2.24) is 0 Å². The lowest BCUT2D eigenvalue weighted by atomic mass is 10.2. The molecule has 0 fully saturated rings. The van der Waals surface area contributed by atoms with Crippen molar-refractivity contribution in [3.8, 4) is 0 Å². The molecular weight excluding hydrogens is 244 g/mol. The van der Waals surface area contributed by atoms with Crippen molar-refractivity contribution >= 4 is 29.3 Å². The molecule has 1 aromatic carbocycles. The van der Waals surface area contributed by atoms with Crippen molar-refractivity contribution in [3.05, 3.63) is 28.8 Å². The van der Waals surface area contributed by atoms with Gasteiger partial charge in [0.2, 0.25) is 0 Å². The van der Waals surface area contributed by atoms with Crippen molar-refractivity contribution in [3.63, 3.8) is 0 Å². The molecule has 0 heterocycles. The molecule has 0 amide bonds. The van der Waals surface area contributed by atoms with Crippen LogP contribution in [0.25, 0.3) is 0 Å². The zero-order valence-electron chi connectivity index (χ0n) is 9.62. The highest BCUT2D eigenvalue weighted by Crippen LogP contribution is 2.26. The SMILES string of the molecule is CCSc1ccc(Cl)cc1C(=O)OC(C)C. The van der Waals surface area contributed by atoms with E-state index in [0.29, 0.717) is 10.6 Å². The fraction of sp³-hybridized carbons (Fsp3) is 0.417. The Balaban J connectivity index is 2.99. The van der Waals surface area contributed by atoms with Crippen molar-refractivity contribution in [2.45, 2.75) is 31.8 Å². The molecule has 88 valence electrons. The molecule has 2 nitrogen and oxygen atoms in total. The van der Waals surface area contributed by atoms with E-state index in [1.54, 1.807) is 23.9 Å². The number of hydrogen-bond donors (Lipinski definition) is 0. The zero-order valence-corrected chi connectivity index (χ0v) is 11.2. The van der Waals surface area contributed by atoms with E-state index in [-0.39, 0.29) is 12.1 Å². The molecule has 0 radical (unpaired) electrons. The Bertz CT molecular complexity index is 377. The van der Waals surface area contributed by atoms with Crippen LogP contribution in [0, 0.1) is 0 Å². The van der Waals surface area contributed by atoms with Crippen molar-refractivity contribution in [2.24, 2.45) is 0 Å². The van der Waals surface area contributed by atoms with E-state index in [0.717, 1.165) is 10.6 Å². The summed E-state index contributed by atoms with van der Waals surface area (Å²) in [6.45, 7) is 5.70. The summed E-state index contributed by atoms with van der Waals surface area (Å²) in [7, 11) is 0. The molecule has 0 aliphatic heterocycles. The van der Waals surface area contributed by atoms with Gasteiger partial charge in [-0.1, -0.05) is 18.5 Å². The highest BCUT2D eigenvalue weighted by atomic mass is 35.5. The zero-order chi connectivity index (χ0) is 12.1. The van der Waals surface area contributed by atoms with E-state index in [1.807, 2.05) is 26.8 Å². The Hall–Kier alpha value is -0.670. The van der Waals surface area contributed by atoms with E-state index >= 15 is 0 Å². The molecule has 0 unspecified atom stereocenters. The average Bonchev–Trinajstić information content (AvgIpc) is 2.20. The van der Waals surface area contributed by atoms with Crippen LogP contribution >= 0.6 is 23.4 Å². The van der Waals surface area contributed by atoms with Crippen molar-refractivity contribution in [1.29, 1.82) is 0 Å². The van der Waals surface area contributed by atoms with E-state index in [4.69, 9.17) is 16.3 Å². The molecule has 0 bridgehead atoms. The highest BCUT2D eigenvalue weighted by molar-refractivity contribution is 7.99. The third kappa shape index (κ3) is 3.72. The maximum absolute atomic E-state index is 11.8. The summed E-state index contributed by atoms with van der Waals surface area (Å²) in [6.07, 6.45) is -0.119. The summed E-state index contributed by atoms with van der Waals surface area (Å²) >= 11 is 7.49. The minimum Gasteiger partial charge on any atom is -0.459 e. The molecular formula is C12H15ClO2S. The maximum Gasteiger partial charge on any atom is 0.339 e. The molecule has 0 aliphatic carbocycles. The molecule has 16 heavy (non-hydrogen) atoms. The minimum atomic E-state index is -0.312. The van der Waals surface area contributed by atoms with Crippen LogP contribution in [0.4, 0.5) is 0 Å². The standard InChI is InChI=1S/C12H15ClO2S/c1-4-16-11-6-5-9(13)7-10(11)12(14)15-8(2)3/h5-8H,4H2,1-3H3. The predicted molar refractivity (Wildman–Crippen MR) is 68.4 cm³/mol. The summed E-state index contributed by atoms with van der Waals surface area (Å²) in [5.74, 6) is 0.595. The van der Waals surface area contributed by atoms with Crippen LogP contribution in [-0.2, 0) is 4.74 Å². The summed E-state index contributed by atoms with van der Waals surface area (Å²) in [4.78, 5) is 12.7. The second kappa shape index (κ2) is 6.16. The van der Waals surface area contributed by atoms with E-state index < -0.39 is 0 Å². The van der Waals surface area contributed by atoms with Gasteiger partial charge in [0.05, 0.1) is 11.7 Å². The monoisotopic (exact) mass is 258 g/mol. The molecule has 0 spiro atoms. The van der Waals surface area contributed by atoms with Crippen LogP contribution in [-0.4, -0.2) is 17.8 Å². The number of hydrogen-bond acceptors (Lipinski definition) is 3. The van der Waals surface area contributed by atoms with Gasteiger partial charge < -0.3 is 4.74 Å². The van der Waals surface area contributed by atoms with Gasteiger partial charge in [-0.3, -0.25) is 0 Å². The van der Waals surface area contributed by atoms with Crippen molar-refractivity contribution < 1.29 is 9.53 Å². The summed E-state index contributed by atoms with van der Waals surface area (Å²) < 4.78 is 5.17. The van der Waals surface area contributed by atoms with Gasteiger partial charge in [-0.25, -0.2) is 4.79 Å². The number of carbonyl (C=O) groups excluding carboxylic acids is 1. The van der Waals surface area contributed by atoms with Gasteiger partial charge in [0.1, 0.15) is 0 Å². The first-order valence-electron chi connectivity index (χ1n) is 5.18. The molecule has 4 heteroatoms. The van der Waals surface area contributed by atoms with Gasteiger partial charge >= 0.3 is 5.97 Å². The fourth-order valence-electron chi connectivity index (χ4n) is 1.22. The predicted octanol–water partition coefficient (Wildman–Crippen LogP) is 4.02. The van der Waals surface area contributed by atoms with Gasteiger partial charge in [-0.2, -0.15) is 0 Å². The normalized spacial score (nSPS) is 10.6. The third-order valence-corrected chi connectivity index (χ3v) is 2.99. The van der Waals surface area contributed by atoms with Gasteiger partial charge in [-0.15, -0.1) is 11.8 Å². The second-order valence-corrected chi connectivity index (χ2v) is 5.27. The van der Waals surface area contributed by atoms with Gasteiger partial charge in [0, 0.05) is 9.92 Å².